The van der Waals surface area contributed by atoms with Crippen LogP contribution < -0.4 is 10.6 Å². The summed E-state index contributed by atoms with van der Waals surface area (Å²) in [4.78, 5) is 11.6. The number of hydrogen-bond donors (Lipinski definition) is 2. The minimum absolute atomic E-state index is 0.453. The van der Waals surface area contributed by atoms with E-state index in [1.54, 1.807) is 0 Å². The van der Waals surface area contributed by atoms with Crippen LogP contribution in [-0.2, 0) is 11.3 Å². The second-order valence-electron chi connectivity index (χ2n) is 5.13. The van der Waals surface area contributed by atoms with Crippen LogP contribution in [0.2, 0.25) is 0 Å². The number of anilines is 1. The molecule has 0 saturated heterocycles. The van der Waals surface area contributed by atoms with E-state index in [0.717, 1.165) is 5.56 Å². The summed E-state index contributed by atoms with van der Waals surface area (Å²) in [6.07, 6.45) is 4.70. The lowest BCUT2D eigenvalue weighted by molar-refractivity contribution is 0.0636. The van der Waals surface area contributed by atoms with Crippen molar-refractivity contribution >= 4 is 11.8 Å². The summed E-state index contributed by atoms with van der Waals surface area (Å²) >= 11 is 0. The lowest BCUT2D eigenvalue weighted by Crippen LogP contribution is -2.27. The molecule has 0 aliphatic carbocycles. The number of nitrogens with one attached hydrogen (secondary N) is 2. The predicted octanol–water partition coefficient (Wildman–Crippen LogP) is 2.76. The Hall–Kier alpha value is -1.99. The number of amides is 1. The fourth-order valence-corrected chi connectivity index (χ4v) is 1.41. The highest BCUT2D eigenvalue weighted by Gasteiger charge is 2.15. The maximum absolute atomic E-state index is 11.6. The van der Waals surface area contributed by atoms with Gasteiger partial charge in [0.2, 0.25) is 0 Å². The van der Waals surface area contributed by atoms with E-state index in [4.69, 9.17) is 11.2 Å². The molecule has 0 aromatic heterocycles. The highest BCUT2D eigenvalue weighted by Crippen LogP contribution is 2.12. The molecule has 0 spiro atoms. The third-order valence-electron chi connectivity index (χ3n) is 2.16. The summed E-state index contributed by atoms with van der Waals surface area (Å²) in [5, 5.41) is 5.77. The molecule has 0 heterocycles. The summed E-state index contributed by atoms with van der Waals surface area (Å²) in [6, 6.07) is 7.51. The molecule has 0 fully saturated rings. The zero-order valence-electron chi connectivity index (χ0n) is 11.6. The third kappa shape index (κ3) is 6.49. The SMILES string of the molecule is C#CCNCc1ccc(NC(=O)OC(C)(C)C)cc1. The topological polar surface area (TPSA) is 50.4 Å². The van der Waals surface area contributed by atoms with Crippen molar-refractivity contribution in [3.8, 4) is 12.3 Å². The van der Waals surface area contributed by atoms with Gasteiger partial charge in [0.15, 0.2) is 0 Å². The normalized spacial score (nSPS) is 10.6. The smallest absolute Gasteiger partial charge is 0.412 e. The van der Waals surface area contributed by atoms with Gasteiger partial charge in [-0.2, -0.15) is 0 Å². The Labute approximate surface area is 114 Å². The van der Waals surface area contributed by atoms with Crippen LogP contribution in [0.1, 0.15) is 26.3 Å². The van der Waals surface area contributed by atoms with E-state index in [1.807, 2.05) is 45.0 Å². The fourth-order valence-electron chi connectivity index (χ4n) is 1.41. The molecular weight excluding hydrogens is 240 g/mol. The van der Waals surface area contributed by atoms with E-state index in [0.29, 0.717) is 18.8 Å². The quantitative estimate of drug-likeness (QED) is 0.646. The van der Waals surface area contributed by atoms with Crippen LogP contribution in [0.25, 0.3) is 0 Å². The summed E-state index contributed by atoms with van der Waals surface area (Å²) < 4.78 is 5.17. The minimum Gasteiger partial charge on any atom is -0.444 e. The van der Waals surface area contributed by atoms with Gasteiger partial charge in [-0.1, -0.05) is 18.1 Å². The number of carbonyl (C=O) groups is 1. The van der Waals surface area contributed by atoms with Crippen LogP contribution in [0.5, 0.6) is 0 Å². The second-order valence-corrected chi connectivity index (χ2v) is 5.13. The summed E-state index contributed by atoms with van der Waals surface area (Å²) in [5.41, 5.74) is 1.31. The molecule has 102 valence electrons. The summed E-state index contributed by atoms with van der Waals surface area (Å²) in [5.74, 6) is 2.51. The molecule has 4 nitrogen and oxygen atoms in total. The van der Waals surface area contributed by atoms with Crippen molar-refractivity contribution in [2.75, 3.05) is 11.9 Å². The van der Waals surface area contributed by atoms with Gasteiger partial charge >= 0.3 is 6.09 Å². The molecule has 4 heteroatoms. The number of carbonyl (C=O) groups excluding carboxylic acids is 1. The highest BCUT2D eigenvalue weighted by molar-refractivity contribution is 5.84. The first-order valence-electron chi connectivity index (χ1n) is 6.14. The van der Waals surface area contributed by atoms with E-state index in [2.05, 4.69) is 16.6 Å². The molecule has 2 N–H and O–H groups in total. The number of ether oxygens (including phenoxy) is 1. The third-order valence-corrected chi connectivity index (χ3v) is 2.16. The van der Waals surface area contributed by atoms with Crippen molar-refractivity contribution in [1.29, 1.82) is 0 Å². The van der Waals surface area contributed by atoms with Gasteiger partial charge in [0.1, 0.15) is 5.60 Å². The Morgan fingerprint density at radius 1 is 1.32 bits per heavy atom. The molecule has 0 bridgehead atoms. The molecule has 0 atom stereocenters. The monoisotopic (exact) mass is 260 g/mol. The maximum Gasteiger partial charge on any atom is 0.412 e. The van der Waals surface area contributed by atoms with Gasteiger partial charge in [0.25, 0.3) is 0 Å². The fraction of sp³-hybridized carbons (Fsp3) is 0.400. The Balaban J connectivity index is 2.48. The van der Waals surface area contributed by atoms with Gasteiger partial charge < -0.3 is 10.1 Å². The van der Waals surface area contributed by atoms with E-state index in [9.17, 15) is 4.79 Å². The van der Waals surface area contributed by atoms with Gasteiger partial charge in [-0.05, 0) is 38.5 Å². The van der Waals surface area contributed by atoms with Crippen LogP contribution in [0.4, 0.5) is 10.5 Å². The second kappa shape index (κ2) is 6.81. The van der Waals surface area contributed by atoms with E-state index >= 15 is 0 Å². The lowest BCUT2D eigenvalue weighted by atomic mass is 10.2. The van der Waals surface area contributed by atoms with Crippen molar-refractivity contribution in [2.24, 2.45) is 0 Å². The molecule has 1 aromatic carbocycles. The average molecular weight is 260 g/mol. The van der Waals surface area contributed by atoms with Gasteiger partial charge in [-0.25, -0.2) is 4.79 Å². The van der Waals surface area contributed by atoms with Crippen LogP contribution in [0, 0.1) is 12.3 Å². The first-order chi connectivity index (χ1) is 8.90. The summed E-state index contributed by atoms with van der Waals surface area (Å²) in [7, 11) is 0. The molecule has 19 heavy (non-hydrogen) atoms. The zero-order chi connectivity index (χ0) is 14.3. The van der Waals surface area contributed by atoms with E-state index in [1.165, 1.54) is 0 Å². The molecular formula is C15H20N2O2. The summed E-state index contributed by atoms with van der Waals surface area (Å²) in [6.45, 7) is 6.72. The predicted molar refractivity (Wildman–Crippen MR) is 76.8 cm³/mol. The Morgan fingerprint density at radius 3 is 2.47 bits per heavy atom. The van der Waals surface area contributed by atoms with Gasteiger partial charge in [-0.3, -0.25) is 5.32 Å². The van der Waals surface area contributed by atoms with Crippen molar-refractivity contribution in [3.05, 3.63) is 29.8 Å². The zero-order valence-corrected chi connectivity index (χ0v) is 11.6. The van der Waals surface area contributed by atoms with E-state index in [-0.39, 0.29) is 0 Å². The van der Waals surface area contributed by atoms with Crippen LogP contribution >= 0.6 is 0 Å². The van der Waals surface area contributed by atoms with Gasteiger partial charge in [0.05, 0.1) is 6.54 Å². The average Bonchev–Trinajstić information content (AvgIpc) is 2.29. The molecule has 1 rings (SSSR count). The number of benzene rings is 1. The lowest BCUT2D eigenvalue weighted by Gasteiger charge is -2.19. The van der Waals surface area contributed by atoms with Crippen LogP contribution in [0.15, 0.2) is 24.3 Å². The van der Waals surface area contributed by atoms with Crippen LogP contribution in [0.3, 0.4) is 0 Å². The first-order valence-corrected chi connectivity index (χ1v) is 6.14. The largest absolute Gasteiger partial charge is 0.444 e. The number of rotatable bonds is 4. The van der Waals surface area contributed by atoms with E-state index < -0.39 is 11.7 Å². The molecule has 0 aliphatic rings. The Kier molecular flexibility index (Phi) is 5.40. The molecule has 1 aromatic rings. The first kappa shape index (κ1) is 15.1. The number of hydrogen-bond acceptors (Lipinski definition) is 3. The van der Waals surface area contributed by atoms with Crippen LogP contribution in [-0.4, -0.2) is 18.2 Å². The van der Waals surface area contributed by atoms with Crippen molar-refractivity contribution in [3.63, 3.8) is 0 Å². The minimum atomic E-state index is -0.497. The molecule has 1 amide bonds. The van der Waals surface area contributed by atoms with Crippen molar-refractivity contribution < 1.29 is 9.53 Å². The molecule has 0 unspecified atom stereocenters. The highest BCUT2D eigenvalue weighted by atomic mass is 16.6. The Morgan fingerprint density at radius 2 is 1.95 bits per heavy atom. The number of terminal acetylenes is 1. The van der Waals surface area contributed by atoms with Gasteiger partial charge in [0, 0.05) is 12.2 Å². The van der Waals surface area contributed by atoms with Gasteiger partial charge in [-0.15, -0.1) is 6.42 Å². The van der Waals surface area contributed by atoms with Crippen molar-refractivity contribution in [1.82, 2.24) is 5.32 Å². The standard InChI is InChI=1S/C15H20N2O2/c1-5-10-16-11-12-6-8-13(9-7-12)17-14(18)19-15(2,3)4/h1,6-9,16H,10-11H2,2-4H3,(H,17,18). The maximum atomic E-state index is 11.6. The molecule has 0 saturated carbocycles. The molecule has 0 radical (unpaired) electrons. The molecule has 0 aliphatic heterocycles. The Bertz CT molecular complexity index is 453. The van der Waals surface area contributed by atoms with Crippen molar-refractivity contribution in [2.45, 2.75) is 32.9 Å².